The molecule has 0 aromatic heterocycles. The van der Waals surface area contributed by atoms with Gasteiger partial charge in [0, 0.05) is 23.3 Å². The number of amides is 2. The van der Waals surface area contributed by atoms with E-state index in [2.05, 4.69) is 15.7 Å². The third-order valence-electron chi connectivity index (χ3n) is 3.23. The molecule has 0 aliphatic rings. The standard InChI is InChI=1S/C15H14N4O7S/c1-26-18-27(24,25)13-7-5-10(6-8-13)14(20)16-17-15(21)11-3-2-4-12(9-11)19(22)23/h2-9,18H,1H3,(H,16,20)(H,17,21). The first kappa shape index (κ1) is 20.0. The summed E-state index contributed by atoms with van der Waals surface area (Å²) in [7, 11) is -2.71. The van der Waals surface area contributed by atoms with Crippen molar-refractivity contribution in [2.45, 2.75) is 4.90 Å². The zero-order valence-electron chi connectivity index (χ0n) is 13.8. The molecule has 0 spiro atoms. The predicted octanol–water partition coefficient (Wildman–Crippen LogP) is 0.509. The molecular formula is C15H14N4O7S. The highest BCUT2D eigenvalue weighted by Crippen LogP contribution is 2.13. The van der Waals surface area contributed by atoms with Crippen molar-refractivity contribution in [2.24, 2.45) is 0 Å². The van der Waals surface area contributed by atoms with Gasteiger partial charge >= 0.3 is 0 Å². The summed E-state index contributed by atoms with van der Waals surface area (Å²) in [6, 6.07) is 9.79. The minimum atomic E-state index is -3.85. The number of nitrogens with zero attached hydrogens (tertiary/aromatic N) is 1. The van der Waals surface area contributed by atoms with E-state index in [9.17, 15) is 28.1 Å². The average Bonchev–Trinajstić information content (AvgIpc) is 2.66. The van der Waals surface area contributed by atoms with Gasteiger partial charge in [0.05, 0.1) is 16.9 Å². The van der Waals surface area contributed by atoms with Crippen LogP contribution in [0.2, 0.25) is 0 Å². The van der Waals surface area contributed by atoms with Gasteiger partial charge in [-0.25, -0.2) is 8.42 Å². The minimum absolute atomic E-state index is 0.0171. The second-order valence-corrected chi connectivity index (χ2v) is 6.68. The fourth-order valence-corrected chi connectivity index (χ4v) is 2.77. The van der Waals surface area contributed by atoms with Gasteiger partial charge in [0.25, 0.3) is 27.5 Å². The fourth-order valence-electron chi connectivity index (χ4n) is 1.96. The van der Waals surface area contributed by atoms with E-state index >= 15 is 0 Å². The molecule has 0 saturated carbocycles. The summed E-state index contributed by atoms with van der Waals surface area (Å²) in [5.41, 5.74) is 4.04. The molecule has 0 bridgehead atoms. The summed E-state index contributed by atoms with van der Waals surface area (Å²) >= 11 is 0. The van der Waals surface area contributed by atoms with Crippen molar-refractivity contribution >= 4 is 27.5 Å². The van der Waals surface area contributed by atoms with Crippen LogP contribution in [0.1, 0.15) is 20.7 Å². The van der Waals surface area contributed by atoms with Gasteiger partial charge in [0.2, 0.25) is 0 Å². The monoisotopic (exact) mass is 394 g/mol. The molecular weight excluding hydrogens is 380 g/mol. The lowest BCUT2D eigenvalue weighted by Gasteiger charge is -2.08. The number of rotatable bonds is 6. The number of carbonyl (C=O) groups excluding carboxylic acids is 2. The van der Waals surface area contributed by atoms with E-state index in [0.29, 0.717) is 0 Å². The summed E-state index contributed by atoms with van der Waals surface area (Å²) in [6.45, 7) is 0. The van der Waals surface area contributed by atoms with Gasteiger partial charge < -0.3 is 0 Å². The molecule has 0 heterocycles. The van der Waals surface area contributed by atoms with Gasteiger partial charge in [-0.3, -0.25) is 35.4 Å². The average molecular weight is 394 g/mol. The highest BCUT2D eigenvalue weighted by atomic mass is 32.2. The minimum Gasteiger partial charge on any atom is -0.290 e. The molecule has 0 saturated heterocycles. The number of sulfonamides is 1. The molecule has 0 fully saturated rings. The van der Waals surface area contributed by atoms with E-state index in [-0.39, 0.29) is 21.7 Å². The summed E-state index contributed by atoms with van der Waals surface area (Å²) < 4.78 is 23.4. The third-order valence-corrected chi connectivity index (χ3v) is 4.51. The fraction of sp³-hybridized carbons (Fsp3) is 0.0667. The van der Waals surface area contributed by atoms with Gasteiger partial charge in [0.1, 0.15) is 0 Å². The Morgan fingerprint density at radius 1 is 1.00 bits per heavy atom. The number of hydrogen-bond donors (Lipinski definition) is 3. The molecule has 2 rings (SSSR count). The second-order valence-electron chi connectivity index (χ2n) is 5.03. The molecule has 0 radical (unpaired) electrons. The SMILES string of the molecule is CONS(=O)(=O)c1ccc(C(=O)NNC(=O)c2cccc([N+](=O)[O-])c2)cc1. The molecule has 2 amide bonds. The second kappa shape index (κ2) is 8.35. The van der Waals surface area contributed by atoms with Crippen LogP contribution in [0.4, 0.5) is 5.69 Å². The number of hydrogen-bond acceptors (Lipinski definition) is 7. The Bertz CT molecular complexity index is 974. The molecule has 2 aromatic carbocycles. The van der Waals surface area contributed by atoms with E-state index in [1.54, 1.807) is 0 Å². The maximum absolute atomic E-state index is 12.0. The number of benzene rings is 2. The molecule has 0 aliphatic carbocycles. The Balaban J connectivity index is 2.02. The predicted molar refractivity (Wildman–Crippen MR) is 91.8 cm³/mol. The molecule has 0 aliphatic heterocycles. The number of carbonyl (C=O) groups is 2. The van der Waals surface area contributed by atoms with Crippen molar-refractivity contribution < 1.29 is 27.8 Å². The van der Waals surface area contributed by atoms with Crippen molar-refractivity contribution in [1.29, 1.82) is 0 Å². The number of nitro benzene ring substituents is 1. The summed E-state index contributed by atoms with van der Waals surface area (Å²) in [5.74, 6) is -1.46. The highest BCUT2D eigenvalue weighted by molar-refractivity contribution is 7.89. The van der Waals surface area contributed by atoms with Crippen molar-refractivity contribution in [1.82, 2.24) is 15.7 Å². The number of non-ortho nitro benzene ring substituents is 1. The van der Waals surface area contributed by atoms with Crippen LogP contribution in [0.15, 0.2) is 53.4 Å². The first-order valence-corrected chi connectivity index (χ1v) is 8.73. The summed E-state index contributed by atoms with van der Waals surface area (Å²) in [4.78, 5) is 40.1. The van der Waals surface area contributed by atoms with E-state index in [1.807, 2.05) is 4.89 Å². The van der Waals surface area contributed by atoms with E-state index in [4.69, 9.17) is 0 Å². The van der Waals surface area contributed by atoms with Crippen LogP contribution in [-0.4, -0.2) is 32.3 Å². The zero-order chi connectivity index (χ0) is 20.0. The first-order chi connectivity index (χ1) is 12.7. The van der Waals surface area contributed by atoms with E-state index in [0.717, 1.165) is 13.2 Å². The number of hydrazine groups is 1. The van der Waals surface area contributed by atoms with Gasteiger partial charge in [-0.1, -0.05) is 11.0 Å². The first-order valence-electron chi connectivity index (χ1n) is 7.24. The molecule has 2 aromatic rings. The van der Waals surface area contributed by atoms with E-state index < -0.39 is 26.8 Å². The Kier molecular flexibility index (Phi) is 6.18. The largest absolute Gasteiger partial charge is 0.290 e. The number of nitrogens with one attached hydrogen (secondary N) is 3. The smallest absolute Gasteiger partial charge is 0.270 e. The molecule has 0 atom stereocenters. The van der Waals surface area contributed by atoms with Crippen LogP contribution in [0.5, 0.6) is 0 Å². The zero-order valence-corrected chi connectivity index (χ0v) is 14.6. The van der Waals surface area contributed by atoms with Gasteiger partial charge in [-0.15, -0.1) is 0 Å². The maximum Gasteiger partial charge on any atom is 0.270 e. The lowest BCUT2D eigenvalue weighted by Crippen LogP contribution is -2.41. The van der Waals surface area contributed by atoms with Crippen molar-refractivity contribution in [3.8, 4) is 0 Å². The molecule has 142 valence electrons. The Labute approximate surface area is 153 Å². The summed E-state index contributed by atoms with van der Waals surface area (Å²) in [5, 5.41) is 10.7. The maximum atomic E-state index is 12.0. The van der Waals surface area contributed by atoms with Crippen LogP contribution >= 0.6 is 0 Å². The topological polar surface area (TPSA) is 157 Å². The molecule has 0 unspecified atom stereocenters. The molecule has 11 nitrogen and oxygen atoms in total. The van der Waals surface area contributed by atoms with Crippen molar-refractivity contribution in [3.05, 3.63) is 69.8 Å². The van der Waals surface area contributed by atoms with Gasteiger partial charge in [-0.05, 0) is 30.3 Å². The van der Waals surface area contributed by atoms with Crippen LogP contribution in [0, 0.1) is 10.1 Å². The van der Waals surface area contributed by atoms with Crippen LogP contribution < -0.4 is 15.7 Å². The Hall–Kier alpha value is -3.35. The van der Waals surface area contributed by atoms with Crippen molar-refractivity contribution in [3.63, 3.8) is 0 Å². The highest BCUT2D eigenvalue weighted by Gasteiger charge is 2.16. The van der Waals surface area contributed by atoms with Crippen molar-refractivity contribution in [2.75, 3.05) is 7.11 Å². The lowest BCUT2D eigenvalue weighted by molar-refractivity contribution is -0.384. The van der Waals surface area contributed by atoms with Crippen LogP contribution in [0.25, 0.3) is 0 Å². The Morgan fingerprint density at radius 3 is 2.15 bits per heavy atom. The third kappa shape index (κ3) is 5.07. The molecule has 27 heavy (non-hydrogen) atoms. The van der Waals surface area contributed by atoms with Gasteiger partial charge in [-0.2, -0.15) is 0 Å². The molecule has 3 N–H and O–H groups in total. The van der Waals surface area contributed by atoms with Crippen LogP contribution in [-0.2, 0) is 14.9 Å². The quantitative estimate of drug-likeness (QED) is 0.476. The van der Waals surface area contributed by atoms with E-state index in [1.165, 1.54) is 42.5 Å². The number of nitro groups is 1. The normalized spacial score (nSPS) is 10.9. The lowest BCUT2D eigenvalue weighted by atomic mass is 10.2. The summed E-state index contributed by atoms with van der Waals surface area (Å²) in [6.07, 6.45) is 0. The Morgan fingerprint density at radius 2 is 1.59 bits per heavy atom. The molecule has 12 heteroatoms. The van der Waals surface area contributed by atoms with Gasteiger partial charge in [0.15, 0.2) is 0 Å². The van der Waals surface area contributed by atoms with Crippen LogP contribution in [0.3, 0.4) is 0 Å².